The molecule has 0 aromatic rings. The number of halogens is 10. The lowest BCUT2D eigenvalue weighted by atomic mass is 10.5. The number of hydrogen-bond donors (Lipinski definition) is 1. The Morgan fingerprint density at radius 2 is 0.821 bits per heavy atom. The highest BCUT2D eigenvalue weighted by molar-refractivity contribution is 8.13. The van der Waals surface area contributed by atoms with Crippen molar-refractivity contribution in [2.75, 3.05) is 19.6 Å². The van der Waals surface area contributed by atoms with Crippen LogP contribution in [0.15, 0.2) is 0 Å². The number of sulfonamides is 2. The smallest absolute Gasteiger partial charge is 0.425 e. The van der Waals surface area contributed by atoms with Crippen LogP contribution in [0.4, 0.5) is 43.9 Å². The first-order chi connectivity index (χ1) is 12.1. The third-order valence-electron chi connectivity index (χ3n) is 3.00. The van der Waals surface area contributed by atoms with Crippen LogP contribution in [0.2, 0.25) is 0 Å². The van der Waals surface area contributed by atoms with Gasteiger partial charge in [0.25, 0.3) is 0 Å². The molecule has 0 heterocycles. The number of nitrogens with one attached hydrogen (secondary N) is 1. The fraction of sp³-hybridized carbons (Fsp3) is 1.00. The van der Waals surface area contributed by atoms with E-state index in [1.807, 2.05) is 0 Å². The predicted octanol–water partition coefficient (Wildman–Crippen LogP) is 2.26. The Morgan fingerprint density at radius 3 is 0.929 bits per heavy atom. The molecule has 0 spiro atoms. The molecule has 0 rings (SSSR count). The highest BCUT2D eigenvalue weighted by Crippen LogP contribution is 2.47. The summed E-state index contributed by atoms with van der Waals surface area (Å²) in [6.45, 7) is 10.5. The topological polar surface area (TPSA) is 86.8 Å². The molecule has 0 fully saturated rings. The fourth-order valence-electron chi connectivity index (χ4n) is 1.27. The number of hydrogen-bond acceptors (Lipinski definition) is 4. The first-order valence-corrected chi connectivity index (χ1v) is 9.89. The minimum Gasteiger partial charge on any atom is -0.425 e. The maximum atomic E-state index is 12.3. The minimum atomic E-state index is -7.62. The van der Waals surface area contributed by atoms with E-state index in [1.165, 1.54) is 19.6 Å². The number of quaternary nitrogens is 1. The van der Waals surface area contributed by atoms with Gasteiger partial charge in [-0.15, -0.1) is 0 Å². The molecule has 0 amide bonds. The second kappa shape index (κ2) is 9.29. The molecule has 6 nitrogen and oxygen atoms in total. The highest BCUT2D eigenvalue weighted by atomic mass is 32.3. The average molecular weight is 482 g/mol. The quantitative estimate of drug-likeness (QED) is 0.565. The zero-order chi connectivity index (χ0) is 23.4. The molecule has 0 aliphatic rings. The van der Waals surface area contributed by atoms with E-state index >= 15 is 0 Å². The highest BCUT2D eigenvalue weighted by Gasteiger charge is 2.68. The third kappa shape index (κ3) is 6.58. The van der Waals surface area contributed by atoms with Crippen molar-refractivity contribution in [1.29, 1.82) is 0 Å². The van der Waals surface area contributed by atoms with Crippen molar-refractivity contribution in [2.24, 2.45) is 0 Å². The van der Waals surface area contributed by atoms with E-state index < -0.39 is 42.9 Å². The van der Waals surface area contributed by atoms with E-state index in [0.717, 1.165) is 0 Å². The van der Waals surface area contributed by atoms with Crippen LogP contribution in [-0.2, 0) is 20.0 Å². The molecule has 0 unspecified atom stereocenters. The zero-order valence-electron chi connectivity index (χ0n) is 14.3. The van der Waals surface area contributed by atoms with Crippen molar-refractivity contribution in [1.82, 2.24) is 0 Å². The van der Waals surface area contributed by atoms with E-state index in [1.54, 1.807) is 4.90 Å². The van der Waals surface area contributed by atoms with Crippen molar-refractivity contribution < 1.29 is 65.6 Å². The van der Waals surface area contributed by atoms with Crippen LogP contribution in [0, 0.1) is 0 Å². The van der Waals surface area contributed by atoms with Gasteiger partial charge in [-0.1, -0.05) is 0 Å². The number of nitrogens with zero attached hydrogens (tertiary/aromatic N) is 1. The third-order valence-corrected chi connectivity index (χ3v) is 6.33. The molecule has 0 saturated heterocycles. The monoisotopic (exact) mass is 482 g/mol. The Kier molecular flexibility index (Phi) is 9.73. The summed E-state index contributed by atoms with van der Waals surface area (Å²) in [5.74, 6) is 0. The van der Waals surface area contributed by atoms with Gasteiger partial charge in [0.05, 0.1) is 19.6 Å². The molecule has 172 valence electrons. The van der Waals surface area contributed by atoms with Crippen LogP contribution in [0.25, 0.3) is 4.13 Å². The molecule has 0 aliphatic heterocycles. The van der Waals surface area contributed by atoms with Crippen molar-refractivity contribution in [3.8, 4) is 0 Å². The lowest BCUT2D eigenvalue weighted by Crippen LogP contribution is -3.11. The molecule has 0 aliphatic carbocycles. The van der Waals surface area contributed by atoms with Crippen molar-refractivity contribution >= 4 is 20.0 Å². The molecule has 0 saturated carbocycles. The molecule has 0 radical (unpaired) electrons. The van der Waals surface area contributed by atoms with Crippen molar-refractivity contribution in [2.45, 2.75) is 43.6 Å². The standard InChI is InChI=1S/C6H15N.C4F10NO4S2/c1-4-7(5-2)6-3;5-1(6,7)3(11,12)20(16,17)15-21(18,19)4(13,14)2(8,9)10/h4-6H2,1-3H3;/q;-1/p+1. The Bertz CT molecular complexity index is 637. The Balaban J connectivity index is 0. The molecule has 0 aromatic carbocycles. The molecular formula is C10H16F10N2O4S2. The van der Waals surface area contributed by atoms with Crippen LogP contribution in [0.1, 0.15) is 20.8 Å². The molecule has 0 atom stereocenters. The van der Waals surface area contributed by atoms with E-state index in [2.05, 4.69) is 20.8 Å². The van der Waals surface area contributed by atoms with Gasteiger partial charge in [-0.3, -0.25) is 0 Å². The maximum absolute atomic E-state index is 12.3. The van der Waals surface area contributed by atoms with E-state index in [0.29, 0.717) is 4.13 Å². The predicted molar refractivity (Wildman–Crippen MR) is 75.8 cm³/mol. The summed E-state index contributed by atoms with van der Waals surface area (Å²) in [6.07, 6.45) is -14.0. The van der Waals surface area contributed by atoms with E-state index in [-0.39, 0.29) is 0 Å². The maximum Gasteiger partial charge on any atom is 0.467 e. The average Bonchev–Trinajstić information content (AvgIpc) is 2.46. The van der Waals surface area contributed by atoms with Gasteiger partial charge in [-0.2, -0.15) is 43.9 Å². The molecule has 0 bridgehead atoms. The normalized spacial score (nSPS) is 14.6. The van der Waals surface area contributed by atoms with Gasteiger partial charge in [0.1, 0.15) is 0 Å². The molecule has 28 heavy (non-hydrogen) atoms. The number of rotatable bonds is 7. The molecular weight excluding hydrogens is 466 g/mol. The first kappa shape index (κ1) is 29.3. The lowest BCUT2D eigenvalue weighted by Gasteiger charge is -2.31. The first-order valence-electron chi connectivity index (χ1n) is 7.01. The van der Waals surface area contributed by atoms with Gasteiger partial charge in [0.15, 0.2) is 20.0 Å². The summed E-state index contributed by atoms with van der Waals surface area (Å²) in [5.41, 5.74) is 0. The molecule has 1 N–H and O–H groups in total. The van der Waals surface area contributed by atoms with Crippen LogP contribution in [0.3, 0.4) is 0 Å². The van der Waals surface area contributed by atoms with Crippen LogP contribution in [-0.4, -0.2) is 59.3 Å². The van der Waals surface area contributed by atoms with Gasteiger partial charge < -0.3 is 9.03 Å². The summed E-state index contributed by atoms with van der Waals surface area (Å²) in [7, 11) is -15.2. The van der Waals surface area contributed by atoms with Gasteiger partial charge in [-0.05, 0) is 20.8 Å². The van der Waals surface area contributed by atoms with Crippen molar-refractivity contribution in [3.63, 3.8) is 0 Å². The second-order valence-electron chi connectivity index (χ2n) is 4.86. The Morgan fingerprint density at radius 1 is 0.607 bits per heavy atom. The fourth-order valence-corrected chi connectivity index (χ4v) is 3.63. The van der Waals surface area contributed by atoms with Crippen LogP contribution >= 0.6 is 0 Å². The summed E-state index contributed by atoms with van der Waals surface area (Å²) >= 11 is 0. The summed E-state index contributed by atoms with van der Waals surface area (Å²) in [5, 5.41) is -14.0. The van der Waals surface area contributed by atoms with E-state index in [4.69, 9.17) is 0 Å². The van der Waals surface area contributed by atoms with E-state index in [9.17, 15) is 60.7 Å². The Hall–Kier alpha value is -0.880. The van der Waals surface area contributed by atoms with Gasteiger partial charge in [0, 0.05) is 0 Å². The largest absolute Gasteiger partial charge is 0.467 e. The lowest BCUT2D eigenvalue weighted by molar-refractivity contribution is -0.894. The summed E-state index contributed by atoms with van der Waals surface area (Å²) in [6, 6.07) is 0. The second-order valence-corrected chi connectivity index (χ2v) is 8.39. The summed E-state index contributed by atoms with van der Waals surface area (Å²) in [4.78, 5) is 1.68. The summed E-state index contributed by atoms with van der Waals surface area (Å²) < 4.78 is 161. The van der Waals surface area contributed by atoms with Gasteiger partial charge in [0.2, 0.25) is 0 Å². The molecule has 0 aromatic heterocycles. The van der Waals surface area contributed by atoms with Crippen molar-refractivity contribution in [3.05, 3.63) is 4.13 Å². The molecule has 18 heteroatoms. The van der Waals surface area contributed by atoms with Crippen LogP contribution < -0.4 is 4.90 Å². The van der Waals surface area contributed by atoms with Gasteiger partial charge >= 0.3 is 22.9 Å². The SMILES string of the molecule is CC[NH+](CC)CC.O=S(=O)([N-]S(=O)(=O)C(F)(F)C(F)(F)F)C(F)(F)C(F)(F)F. The van der Waals surface area contributed by atoms with Gasteiger partial charge in [-0.25, -0.2) is 16.8 Å². The minimum absolute atomic E-state index is 0.422. The number of alkyl halides is 10. The zero-order valence-corrected chi connectivity index (χ0v) is 15.9. The van der Waals surface area contributed by atoms with Crippen LogP contribution in [0.5, 0.6) is 0 Å². The Labute approximate surface area is 154 Å².